The molecule has 3 heteroatoms. The normalized spacial score (nSPS) is 30.8. The number of benzene rings is 2. The van der Waals surface area contributed by atoms with Crippen molar-refractivity contribution in [3.8, 4) is 0 Å². The molecule has 4 bridgehead atoms. The highest BCUT2D eigenvalue weighted by Gasteiger charge is 2.53. The molecule has 3 aromatic rings. The smallest absolute Gasteiger partial charge is 0.183 e. The van der Waals surface area contributed by atoms with Gasteiger partial charge in [0.1, 0.15) is 5.82 Å². The van der Waals surface area contributed by atoms with E-state index in [4.69, 9.17) is 4.98 Å². The molecule has 4 aliphatic carbocycles. The van der Waals surface area contributed by atoms with E-state index >= 15 is 0 Å². The molecule has 0 spiro atoms. The van der Waals surface area contributed by atoms with Crippen molar-refractivity contribution in [2.45, 2.75) is 50.5 Å². The number of ketones is 1. The zero-order chi connectivity index (χ0) is 18.7. The SMILES string of the molecule is O=C(Cn1ccnc1C12CC3CC(CC(C3)C1)C2)c1cccc2ccccc12. The van der Waals surface area contributed by atoms with Gasteiger partial charge >= 0.3 is 0 Å². The fourth-order valence-electron chi connectivity index (χ4n) is 6.99. The first-order chi connectivity index (χ1) is 13.7. The van der Waals surface area contributed by atoms with E-state index in [-0.39, 0.29) is 11.2 Å². The summed E-state index contributed by atoms with van der Waals surface area (Å²) in [7, 11) is 0. The number of carbonyl (C=O) groups is 1. The van der Waals surface area contributed by atoms with Gasteiger partial charge in [-0.3, -0.25) is 4.79 Å². The monoisotopic (exact) mass is 370 g/mol. The van der Waals surface area contributed by atoms with Crippen LogP contribution in [0.3, 0.4) is 0 Å². The second-order valence-corrected chi connectivity index (χ2v) is 9.53. The molecule has 0 radical (unpaired) electrons. The van der Waals surface area contributed by atoms with Crippen molar-refractivity contribution in [2.24, 2.45) is 17.8 Å². The number of rotatable bonds is 4. The second-order valence-electron chi connectivity index (χ2n) is 9.53. The zero-order valence-electron chi connectivity index (χ0n) is 16.2. The largest absolute Gasteiger partial charge is 0.327 e. The predicted molar refractivity (Wildman–Crippen MR) is 110 cm³/mol. The molecule has 0 atom stereocenters. The van der Waals surface area contributed by atoms with Crippen LogP contribution in [0.5, 0.6) is 0 Å². The third-order valence-corrected chi connectivity index (χ3v) is 7.63. The second kappa shape index (κ2) is 6.04. The molecule has 4 saturated carbocycles. The van der Waals surface area contributed by atoms with Crippen LogP contribution >= 0.6 is 0 Å². The molecule has 142 valence electrons. The standard InChI is InChI=1S/C25H26N2O/c28-23(22-7-3-5-20-4-1-2-6-21(20)22)16-27-9-8-26-24(27)25-13-17-10-18(14-25)12-19(11-17)15-25/h1-9,17-19H,10-16H2. The van der Waals surface area contributed by atoms with Gasteiger partial charge in [-0.25, -0.2) is 4.98 Å². The summed E-state index contributed by atoms with van der Waals surface area (Å²) in [6.45, 7) is 0.394. The van der Waals surface area contributed by atoms with E-state index < -0.39 is 0 Å². The first-order valence-corrected chi connectivity index (χ1v) is 10.7. The molecule has 28 heavy (non-hydrogen) atoms. The maximum absolute atomic E-state index is 13.3. The van der Waals surface area contributed by atoms with Crippen LogP contribution in [0.1, 0.15) is 54.7 Å². The summed E-state index contributed by atoms with van der Waals surface area (Å²) in [6.07, 6.45) is 12.0. The number of carbonyl (C=O) groups excluding carboxylic acids is 1. The van der Waals surface area contributed by atoms with Gasteiger partial charge in [0.25, 0.3) is 0 Å². The minimum Gasteiger partial charge on any atom is -0.327 e. The van der Waals surface area contributed by atoms with Crippen LogP contribution in [0.2, 0.25) is 0 Å². The Kier molecular flexibility index (Phi) is 3.56. The Morgan fingerprint density at radius 1 is 0.964 bits per heavy atom. The zero-order valence-corrected chi connectivity index (χ0v) is 16.2. The summed E-state index contributed by atoms with van der Waals surface area (Å²) in [5.74, 6) is 4.00. The van der Waals surface area contributed by atoms with Crippen molar-refractivity contribution < 1.29 is 4.79 Å². The molecule has 2 aromatic carbocycles. The fraction of sp³-hybridized carbons (Fsp3) is 0.440. The lowest BCUT2D eigenvalue weighted by molar-refractivity contribution is -0.0108. The number of aromatic nitrogens is 2. The van der Waals surface area contributed by atoms with E-state index in [0.29, 0.717) is 6.54 Å². The Bertz CT molecular complexity index is 1020. The first-order valence-electron chi connectivity index (χ1n) is 10.7. The average Bonchev–Trinajstić information content (AvgIpc) is 3.15. The molecule has 0 N–H and O–H groups in total. The van der Waals surface area contributed by atoms with Gasteiger partial charge in [0, 0.05) is 23.4 Å². The van der Waals surface area contributed by atoms with Crippen molar-refractivity contribution >= 4 is 16.6 Å². The Morgan fingerprint density at radius 2 is 1.64 bits per heavy atom. The summed E-state index contributed by atoms with van der Waals surface area (Å²) in [6, 6.07) is 14.2. The van der Waals surface area contributed by atoms with Gasteiger partial charge in [-0.05, 0) is 67.1 Å². The van der Waals surface area contributed by atoms with Gasteiger partial charge in [-0.15, -0.1) is 0 Å². The molecule has 0 amide bonds. The molecule has 4 aliphatic rings. The van der Waals surface area contributed by atoms with Crippen LogP contribution in [0.15, 0.2) is 54.9 Å². The van der Waals surface area contributed by atoms with Crippen molar-refractivity contribution in [1.29, 1.82) is 0 Å². The number of hydrogen-bond acceptors (Lipinski definition) is 2. The number of nitrogens with zero attached hydrogens (tertiary/aromatic N) is 2. The van der Waals surface area contributed by atoms with Gasteiger partial charge < -0.3 is 4.57 Å². The van der Waals surface area contributed by atoms with Crippen LogP contribution in [0.4, 0.5) is 0 Å². The number of hydrogen-bond donors (Lipinski definition) is 0. The Morgan fingerprint density at radius 3 is 2.39 bits per heavy atom. The van der Waals surface area contributed by atoms with Gasteiger partial charge in [-0.2, -0.15) is 0 Å². The quantitative estimate of drug-likeness (QED) is 0.577. The maximum Gasteiger partial charge on any atom is 0.183 e. The summed E-state index contributed by atoms with van der Waals surface area (Å²) in [4.78, 5) is 18.1. The van der Waals surface area contributed by atoms with Crippen LogP contribution in [0, 0.1) is 17.8 Å². The lowest BCUT2D eigenvalue weighted by Gasteiger charge is -2.56. The van der Waals surface area contributed by atoms with Crippen molar-refractivity contribution in [3.63, 3.8) is 0 Å². The third kappa shape index (κ3) is 2.48. The minimum absolute atomic E-state index is 0.181. The van der Waals surface area contributed by atoms with E-state index in [9.17, 15) is 4.79 Å². The average molecular weight is 370 g/mol. The molecule has 1 heterocycles. The molecule has 7 rings (SSSR count). The minimum atomic E-state index is 0.181. The third-order valence-electron chi connectivity index (χ3n) is 7.63. The van der Waals surface area contributed by atoms with E-state index in [1.54, 1.807) is 0 Å². The van der Waals surface area contributed by atoms with Crippen molar-refractivity contribution in [1.82, 2.24) is 9.55 Å². The van der Waals surface area contributed by atoms with Gasteiger partial charge in [0.2, 0.25) is 0 Å². The Labute approximate surface area is 165 Å². The molecular weight excluding hydrogens is 344 g/mol. The molecular formula is C25H26N2O. The van der Waals surface area contributed by atoms with Crippen LogP contribution in [0.25, 0.3) is 10.8 Å². The van der Waals surface area contributed by atoms with Gasteiger partial charge in [0.15, 0.2) is 5.78 Å². The van der Waals surface area contributed by atoms with E-state index in [0.717, 1.165) is 34.1 Å². The number of fused-ring (bicyclic) bond motifs is 1. The highest BCUT2D eigenvalue weighted by molar-refractivity contribution is 6.08. The Hall–Kier alpha value is -2.42. The van der Waals surface area contributed by atoms with Crippen molar-refractivity contribution in [3.05, 3.63) is 66.2 Å². The molecule has 0 aliphatic heterocycles. The highest BCUT2D eigenvalue weighted by Crippen LogP contribution is 2.60. The first kappa shape index (κ1) is 16.5. The summed E-state index contributed by atoms with van der Waals surface area (Å²) >= 11 is 0. The van der Waals surface area contributed by atoms with Crippen LogP contribution < -0.4 is 0 Å². The predicted octanol–water partition coefficient (Wildman–Crippen LogP) is 5.39. The maximum atomic E-state index is 13.3. The summed E-state index contributed by atoms with van der Waals surface area (Å²) < 4.78 is 2.16. The van der Waals surface area contributed by atoms with E-state index in [2.05, 4.69) is 22.8 Å². The number of Topliss-reactive ketones (excluding diaryl/α,β-unsaturated/α-hetero) is 1. The number of imidazole rings is 1. The summed E-state index contributed by atoms with van der Waals surface area (Å²) in [5, 5.41) is 2.17. The topological polar surface area (TPSA) is 34.9 Å². The lowest BCUT2D eigenvalue weighted by atomic mass is 9.49. The van der Waals surface area contributed by atoms with Gasteiger partial charge in [0.05, 0.1) is 6.54 Å². The molecule has 3 nitrogen and oxygen atoms in total. The molecule has 4 fully saturated rings. The van der Waals surface area contributed by atoms with Crippen molar-refractivity contribution in [2.75, 3.05) is 0 Å². The van der Waals surface area contributed by atoms with E-state index in [1.165, 1.54) is 44.3 Å². The highest BCUT2D eigenvalue weighted by atomic mass is 16.1. The lowest BCUT2D eigenvalue weighted by Crippen LogP contribution is -2.49. The van der Waals surface area contributed by atoms with Crippen LogP contribution in [-0.2, 0) is 12.0 Å². The molecule has 0 saturated heterocycles. The molecule has 1 aromatic heterocycles. The summed E-state index contributed by atoms with van der Waals surface area (Å²) in [5.41, 5.74) is 1.04. The molecule has 0 unspecified atom stereocenters. The van der Waals surface area contributed by atoms with E-state index in [1.807, 2.05) is 36.7 Å². The Balaban J connectivity index is 1.34. The fourth-order valence-corrected chi connectivity index (χ4v) is 6.99. The van der Waals surface area contributed by atoms with Crippen LogP contribution in [-0.4, -0.2) is 15.3 Å². The van der Waals surface area contributed by atoms with Gasteiger partial charge in [-0.1, -0.05) is 42.5 Å².